The third-order valence-electron chi connectivity index (χ3n) is 5.55. The Morgan fingerprint density at radius 1 is 1.03 bits per heavy atom. The van der Waals surface area contributed by atoms with E-state index >= 15 is 0 Å². The Labute approximate surface area is 213 Å². The van der Waals surface area contributed by atoms with Crippen LogP contribution in [0.5, 0.6) is 11.5 Å². The third kappa shape index (κ3) is 4.56. The highest BCUT2D eigenvalue weighted by Crippen LogP contribution is 2.33. The van der Waals surface area contributed by atoms with Crippen LogP contribution in [0.1, 0.15) is 13.3 Å². The Morgan fingerprint density at radius 2 is 1.86 bits per heavy atom. The second-order valence-electron chi connectivity index (χ2n) is 7.86. The molecule has 0 aliphatic carbocycles. The van der Waals surface area contributed by atoms with E-state index in [9.17, 15) is 9.18 Å². The molecular weight excluding hydrogens is 483 g/mol. The van der Waals surface area contributed by atoms with Crippen LogP contribution in [0.4, 0.5) is 16.0 Å². The molecule has 0 saturated heterocycles. The van der Waals surface area contributed by atoms with Crippen LogP contribution in [0.2, 0.25) is 5.02 Å². The van der Waals surface area contributed by atoms with Crippen molar-refractivity contribution in [3.05, 3.63) is 89.7 Å². The van der Waals surface area contributed by atoms with E-state index in [4.69, 9.17) is 16.3 Å². The first-order valence-electron chi connectivity index (χ1n) is 10.9. The number of amides is 1. The van der Waals surface area contributed by atoms with Crippen molar-refractivity contribution in [1.29, 1.82) is 0 Å². The van der Waals surface area contributed by atoms with Gasteiger partial charge < -0.3 is 19.9 Å². The number of aryl methyl sites for hydroxylation is 1. The Bertz CT molecular complexity index is 1610. The van der Waals surface area contributed by atoms with E-state index in [0.29, 0.717) is 44.8 Å². The molecule has 0 bridgehead atoms. The zero-order chi connectivity index (χ0) is 25.2. The van der Waals surface area contributed by atoms with Gasteiger partial charge in [-0.15, -0.1) is 0 Å². The number of halogens is 2. The maximum absolute atomic E-state index is 14.2. The van der Waals surface area contributed by atoms with Crippen LogP contribution in [0.3, 0.4) is 0 Å². The summed E-state index contributed by atoms with van der Waals surface area (Å²) < 4.78 is 22.1. The maximum atomic E-state index is 14.2. The van der Waals surface area contributed by atoms with Crippen molar-refractivity contribution in [3.8, 4) is 22.6 Å². The van der Waals surface area contributed by atoms with Gasteiger partial charge in [0.1, 0.15) is 17.2 Å². The number of hydrogen-bond donors (Lipinski definition) is 2. The van der Waals surface area contributed by atoms with Crippen LogP contribution in [0.25, 0.3) is 22.2 Å². The SMILES string of the molecule is CNC(=O)c1cc(Oc2ccc3c(c2)nc(Nc2ccc(Cl)c(-c4cccnc4F)c2)n3C)ccn1.[HH].[HH]. The van der Waals surface area contributed by atoms with Crippen molar-refractivity contribution in [1.82, 2.24) is 24.8 Å². The first-order valence-corrected chi connectivity index (χ1v) is 11.3. The van der Waals surface area contributed by atoms with E-state index in [0.717, 1.165) is 5.52 Å². The van der Waals surface area contributed by atoms with Gasteiger partial charge in [0.05, 0.1) is 11.0 Å². The standard InChI is InChI=1S/C26H20ClFN6O2.2H2/c1-29-25(35)22-14-17(9-11-30-22)36-16-6-8-23-21(13-16)33-26(34(23)2)32-15-5-7-20(27)19(12-15)18-4-3-10-31-24(18)28;;/h3-14H,1-2H3,(H,29,35)(H,32,33);2*1H. The lowest BCUT2D eigenvalue weighted by Crippen LogP contribution is -2.18. The van der Waals surface area contributed by atoms with Gasteiger partial charge in [-0.2, -0.15) is 4.39 Å². The Kier molecular flexibility index (Phi) is 6.22. The summed E-state index contributed by atoms with van der Waals surface area (Å²) in [5, 5.41) is 6.22. The molecule has 0 spiro atoms. The van der Waals surface area contributed by atoms with E-state index in [1.807, 2.05) is 23.7 Å². The quantitative estimate of drug-likeness (QED) is 0.266. The van der Waals surface area contributed by atoms with E-state index in [1.54, 1.807) is 55.6 Å². The largest absolute Gasteiger partial charge is 0.457 e. The van der Waals surface area contributed by atoms with Crippen LogP contribution in [-0.2, 0) is 7.05 Å². The molecule has 36 heavy (non-hydrogen) atoms. The summed E-state index contributed by atoms with van der Waals surface area (Å²) in [6, 6.07) is 17.3. The molecule has 0 atom stereocenters. The van der Waals surface area contributed by atoms with Crippen LogP contribution >= 0.6 is 11.6 Å². The van der Waals surface area contributed by atoms with Crippen LogP contribution in [0, 0.1) is 5.95 Å². The molecule has 0 fully saturated rings. The van der Waals surface area contributed by atoms with E-state index < -0.39 is 5.95 Å². The summed E-state index contributed by atoms with van der Waals surface area (Å²) in [7, 11) is 3.43. The van der Waals surface area contributed by atoms with Gasteiger partial charge in [0.2, 0.25) is 11.9 Å². The Hall–Kier alpha value is -4.50. The summed E-state index contributed by atoms with van der Waals surface area (Å²) in [5.41, 5.74) is 3.35. The van der Waals surface area contributed by atoms with Gasteiger partial charge in [-0.1, -0.05) is 11.6 Å². The molecule has 3 heterocycles. The second kappa shape index (κ2) is 9.63. The van der Waals surface area contributed by atoms with Gasteiger partial charge in [-0.3, -0.25) is 9.78 Å². The average Bonchev–Trinajstić information content (AvgIpc) is 3.19. The lowest BCUT2D eigenvalue weighted by molar-refractivity contribution is 0.0958. The molecule has 10 heteroatoms. The van der Waals surface area contributed by atoms with E-state index in [2.05, 4.69) is 25.6 Å². The van der Waals surface area contributed by atoms with Crippen molar-refractivity contribution in [2.45, 2.75) is 0 Å². The number of anilines is 2. The van der Waals surface area contributed by atoms with Gasteiger partial charge >= 0.3 is 0 Å². The predicted octanol–water partition coefficient (Wildman–Crippen LogP) is 6.21. The molecule has 184 valence electrons. The summed E-state index contributed by atoms with van der Waals surface area (Å²) in [5.74, 6) is 0.722. The molecule has 0 saturated carbocycles. The molecule has 5 rings (SSSR count). The van der Waals surface area contributed by atoms with Gasteiger partial charge in [0, 0.05) is 63.3 Å². The first kappa shape index (κ1) is 23.3. The summed E-state index contributed by atoms with van der Waals surface area (Å²) in [6.45, 7) is 0. The highest BCUT2D eigenvalue weighted by Gasteiger charge is 2.14. The Balaban J connectivity index is 0.00000200. The Morgan fingerprint density at radius 3 is 2.67 bits per heavy atom. The molecule has 1 amide bonds. The fourth-order valence-corrected chi connectivity index (χ4v) is 3.96. The van der Waals surface area contributed by atoms with Crippen LogP contribution in [-0.4, -0.2) is 32.5 Å². The number of benzene rings is 2. The fourth-order valence-electron chi connectivity index (χ4n) is 3.74. The smallest absolute Gasteiger partial charge is 0.269 e. The van der Waals surface area contributed by atoms with Gasteiger partial charge in [0.25, 0.3) is 5.91 Å². The number of ether oxygens (including phenoxy) is 1. The first-order chi connectivity index (χ1) is 17.4. The molecule has 8 nitrogen and oxygen atoms in total. The lowest BCUT2D eigenvalue weighted by Gasteiger charge is -2.10. The molecule has 0 radical (unpaired) electrons. The molecule has 0 unspecified atom stereocenters. The molecule has 0 aliphatic heterocycles. The minimum atomic E-state index is -0.594. The topological polar surface area (TPSA) is 94.0 Å². The van der Waals surface area contributed by atoms with Crippen LogP contribution < -0.4 is 15.4 Å². The van der Waals surface area contributed by atoms with Gasteiger partial charge in [-0.05, 0) is 48.5 Å². The molecule has 0 aliphatic rings. The van der Waals surface area contributed by atoms with Gasteiger partial charge in [-0.25, -0.2) is 9.97 Å². The fraction of sp³-hybridized carbons (Fsp3) is 0.0769. The zero-order valence-corrected chi connectivity index (χ0v) is 20.0. The molecule has 2 N–H and O–H groups in total. The lowest BCUT2D eigenvalue weighted by atomic mass is 10.1. The number of fused-ring (bicyclic) bond motifs is 1. The van der Waals surface area contributed by atoms with Crippen LogP contribution in [0.15, 0.2) is 73.1 Å². The number of carbonyl (C=O) groups excluding carboxylic acids is 1. The molecule has 3 aromatic heterocycles. The van der Waals surface area contributed by atoms with Gasteiger partial charge in [0.15, 0.2) is 0 Å². The number of pyridine rings is 2. The average molecular weight is 507 g/mol. The minimum absolute atomic E-state index is 0. The number of rotatable bonds is 6. The zero-order valence-electron chi connectivity index (χ0n) is 19.3. The number of nitrogens with zero attached hydrogens (tertiary/aromatic N) is 4. The normalized spacial score (nSPS) is 10.9. The number of hydrogen-bond acceptors (Lipinski definition) is 6. The van der Waals surface area contributed by atoms with E-state index in [-0.39, 0.29) is 14.5 Å². The number of carbonyl (C=O) groups is 1. The summed E-state index contributed by atoms with van der Waals surface area (Å²) in [4.78, 5) is 24.3. The minimum Gasteiger partial charge on any atom is -0.457 e. The third-order valence-corrected chi connectivity index (χ3v) is 5.88. The molecular formula is C26H24ClFN6O2. The summed E-state index contributed by atoms with van der Waals surface area (Å²) in [6.07, 6.45) is 2.90. The second-order valence-corrected chi connectivity index (χ2v) is 8.27. The maximum Gasteiger partial charge on any atom is 0.269 e. The predicted molar refractivity (Wildman–Crippen MR) is 141 cm³/mol. The number of nitrogens with one attached hydrogen (secondary N) is 2. The van der Waals surface area contributed by atoms with Crippen molar-refractivity contribution in [3.63, 3.8) is 0 Å². The van der Waals surface area contributed by atoms with Crippen molar-refractivity contribution >= 4 is 40.2 Å². The highest BCUT2D eigenvalue weighted by atomic mass is 35.5. The van der Waals surface area contributed by atoms with Crippen molar-refractivity contribution in [2.75, 3.05) is 12.4 Å². The number of aromatic nitrogens is 4. The molecule has 5 aromatic rings. The van der Waals surface area contributed by atoms with Crippen molar-refractivity contribution < 1.29 is 16.8 Å². The monoisotopic (exact) mass is 506 g/mol. The van der Waals surface area contributed by atoms with E-state index in [1.165, 1.54) is 12.4 Å². The van der Waals surface area contributed by atoms with Crippen molar-refractivity contribution in [2.24, 2.45) is 7.05 Å². The summed E-state index contributed by atoms with van der Waals surface area (Å²) >= 11 is 6.34. The number of imidazole rings is 1. The highest BCUT2D eigenvalue weighted by molar-refractivity contribution is 6.33. The molecule has 2 aromatic carbocycles.